The summed E-state index contributed by atoms with van der Waals surface area (Å²) in [5.74, 6) is 2.85. The molecule has 2 aromatic rings. The second kappa shape index (κ2) is 7.02. The fourth-order valence-electron chi connectivity index (χ4n) is 1.97. The van der Waals surface area contributed by atoms with Crippen LogP contribution in [-0.2, 0) is 0 Å². The fraction of sp³-hybridized carbons (Fsp3) is 0.353. The third-order valence-corrected chi connectivity index (χ3v) is 3.09. The second-order valence-electron chi connectivity index (χ2n) is 5.72. The van der Waals surface area contributed by atoms with Crippen LogP contribution in [0.25, 0.3) is 0 Å². The van der Waals surface area contributed by atoms with Gasteiger partial charge in [-0.3, -0.25) is 4.79 Å². The average Bonchev–Trinajstić information content (AvgIpc) is 2.45. The van der Waals surface area contributed by atoms with Crippen LogP contribution < -0.4 is 10.6 Å². The summed E-state index contributed by atoms with van der Waals surface area (Å²) < 4.78 is 0. The number of benzene rings is 1. The zero-order valence-corrected chi connectivity index (χ0v) is 13.5. The molecule has 0 atom stereocenters. The Bertz CT molecular complexity index is 650. The van der Waals surface area contributed by atoms with Crippen LogP contribution in [0.1, 0.15) is 37.0 Å². The van der Waals surface area contributed by atoms with E-state index < -0.39 is 0 Å². The lowest BCUT2D eigenvalue weighted by Gasteiger charge is -2.11. The van der Waals surface area contributed by atoms with Gasteiger partial charge in [0.05, 0.1) is 0 Å². The highest BCUT2D eigenvalue weighted by Crippen LogP contribution is 2.18. The van der Waals surface area contributed by atoms with Gasteiger partial charge in [0.25, 0.3) is 0 Å². The maximum Gasteiger partial charge on any atom is 0.159 e. The quantitative estimate of drug-likeness (QED) is 0.794. The van der Waals surface area contributed by atoms with Gasteiger partial charge in [-0.05, 0) is 44.0 Å². The molecule has 1 aromatic heterocycles. The Morgan fingerprint density at radius 1 is 1.14 bits per heavy atom. The number of aryl methyl sites for hydroxylation is 1. The number of nitrogens with one attached hydrogen (secondary N) is 2. The number of carbonyl (C=O) groups excluding carboxylic acids is 1. The lowest BCUT2D eigenvalue weighted by atomic mass is 10.1. The standard InChI is InChI=1S/C17H22N4O/c1-11(2)10-18-16-9-17(20-13(4)19-16)21-15-7-5-14(6-8-15)12(3)22/h5-9,11H,10H2,1-4H3,(H2,18,19,20,21). The van der Waals surface area contributed by atoms with Gasteiger partial charge >= 0.3 is 0 Å². The van der Waals surface area contributed by atoms with E-state index in [1.165, 1.54) is 0 Å². The Morgan fingerprint density at radius 3 is 2.36 bits per heavy atom. The number of aromatic nitrogens is 2. The Kier molecular flexibility index (Phi) is 5.09. The maximum absolute atomic E-state index is 11.3. The molecule has 5 nitrogen and oxygen atoms in total. The second-order valence-corrected chi connectivity index (χ2v) is 5.72. The highest BCUT2D eigenvalue weighted by molar-refractivity contribution is 5.94. The monoisotopic (exact) mass is 298 g/mol. The number of carbonyl (C=O) groups is 1. The Morgan fingerprint density at radius 2 is 1.77 bits per heavy atom. The lowest BCUT2D eigenvalue weighted by Crippen LogP contribution is -2.10. The molecule has 0 spiro atoms. The van der Waals surface area contributed by atoms with Crippen molar-refractivity contribution >= 4 is 23.1 Å². The summed E-state index contributed by atoms with van der Waals surface area (Å²) in [6.07, 6.45) is 0. The molecule has 1 aromatic carbocycles. The first-order chi connectivity index (χ1) is 10.4. The summed E-state index contributed by atoms with van der Waals surface area (Å²) in [5.41, 5.74) is 1.58. The molecule has 0 aliphatic rings. The molecule has 5 heteroatoms. The Hall–Kier alpha value is -2.43. The van der Waals surface area contributed by atoms with Crippen LogP contribution in [0.3, 0.4) is 0 Å². The number of Topliss-reactive ketones (excluding diaryl/α,β-unsaturated/α-hetero) is 1. The van der Waals surface area contributed by atoms with Crippen molar-refractivity contribution in [3.8, 4) is 0 Å². The van der Waals surface area contributed by atoms with E-state index in [9.17, 15) is 4.79 Å². The molecular formula is C17H22N4O. The molecule has 0 fully saturated rings. The van der Waals surface area contributed by atoms with Crippen LogP contribution in [0.5, 0.6) is 0 Å². The third-order valence-electron chi connectivity index (χ3n) is 3.09. The molecule has 2 rings (SSSR count). The van der Waals surface area contributed by atoms with Crippen LogP contribution in [0, 0.1) is 12.8 Å². The van der Waals surface area contributed by atoms with E-state index in [0.29, 0.717) is 17.3 Å². The van der Waals surface area contributed by atoms with Crippen molar-refractivity contribution < 1.29 is 4.79 Å². The van der Waals surface area contributed by atoms with Crippen LogP contribution in [0.4, 0.5) is 17.3 Å². The van der Waals surface area contributed by atoms with E-state index in [1.807, 2.05) is 25.1 Å². The molecule has 2 N–H and O–H groups in total. The Labute approximate surface area is 131 Å². The topological polar surface area (TPSA) is 66.9 Å². The number of anilines is 3. The average molecular weight is 298 g/mol. The lowest BCUT2D eigenvalue weighted by molar-refractivity contribution is 0.101. The molecule has 0 aliphatic heterocycles. The maximum atomic E-state index is 11.3. The SMILES string of the molecule is CC(=O)c1ccc(Nc2cc(NCC(C)C)nc(C)n2)cc1. The smallest absolute Gasteiger partial charge is 0.159 e. The van der Waals surface area contributed by atoms with Crippen molar-refractivity contribution in [2.75, 3.05) is 17.2 Å². The summed E-state index contributed by atoms with van der Waals surface area (Å²) in [6, 6.07) is 9.23. The van der Waals surface area contributed by atoms with Crippen molar-refractivity contribution in [1.82, 2.24) is 9.97 Å². The van der Waals surface area contributed by atoms with Crippen molar-refractivity contribution in [2.45, 2.75) is 27.7 Å². The zero-order chi connectivity index (χ0) is 16.1. The predicted molar refractivity (Wildman–Crippen MR) is 89.8 cm³/mol. The van der Waals surface area contributed by atoms with Crippen LogP contribution >= 0.6 is 0 Å². The van der Waals surface area contributed by atoms with Crippen molar-refractivity contribution in [3.05, 3.63) is 41.7 Å². The minimum absolute atomic E-state index is 0.0598. The van der Waals surface area contributed by atoms with Gasteiger partial charge in [0.15, 0.2) is 5.78 Å². The summed E-state index contributed by atoms with van der Waals surface area (Å²) in [5, 5.41) is 6.54. The molecule has 0 saturated heterocycles. The summed E-state index contributed by atoms with van der Waals surface area (Å²) in [7, 11) is 0. The highest BCUT2D eigenvalue weighted by atomic mass is 16.1. The number of ketones is 1. The first-order valence-corrected chi connectivity index (χ1v) is 7.41. The predicted octanol–water partition coefficient (Wildman–Crippen LogP) is 3.80. The van der Waals surface area contributed by atoms with Gasteiger partial charge in [0.1, 0.15) is 17.5 Å². The molecule has 0 radical (unpaired) electrons. The van der Waals surface area contributed by atoms with Gasteiger partial charge in [0.2, 0.25) is 0 Å². The number of hydrogen-bond acceptors (Lipinski definition) is 5. The van der Waals surface area contributed by atoms with E-state index in [1.54, 1.807) is 19.1 Å². The fourth-order valence-corrected chi connectivity index (χ4v) is 1.97. The summed E-state index contributed by atoms with van der Waals surface area (Å²) in [6.45, 7) is 8.59. The van der Waals surface area contributed by atoms with E-state index in [-0.39, 0.29) is 5.78 Å². The van der Waals surface area contributed by atoms with Crippen molar-refractivity contribution in [3.63, 3.8) is 0 Å². The zero-order valence-electron chi connectivity index (χ0n) is 13.5. The molecule has 0 amide bonds. The normalized spacial score (nSPS) is 10.6. The first-order valence-electron chi connectivity index (χ1n) is 7.41. The highest BCUT2D eigenvalue weighted by Gasteiger charge is 2.04. The summed E-state index contributed by atoms with van der Waals surface area (Å²) in [4.78, 5) is 20.0. The van der Waals surface area contributed by atoms with Gasteiger partial charge in [-0.2, -0.15) is 0 Å². The molecule has 22 heavy (non-hydrogen) atoms. The van der Waals surface area contributed by atoms with E-state index in [2.05, 4.69) is 34.4 Å². The van der Waals surface area contributed by atoms with Crippen LogP contribution in [0.15, 0.2) is 30.3 Å². The molecule has 0 aliphatic carbocycles. The largest absolute Gasteiger partial charge is 0.370 e. The molecule has 116 valence electrons. The third kappa shape index (κ3) is 4.55. The minimum atomic E-state index is 0.0598. The van der Waals surface area contributed by atoms with Gasteiger partial charge in [0, 0.05) is 23.9 Å². The molecule has 0 bridgehead atoms. The van der Waals surface area contributed by atoms with Gasteiger partial charge in [-0.15, -0.1) is 0 Å². The summed E-state index contributed by atoms with van der Waals surface area (Å²) >= 11 is 0. The molecule has 0 unspecified atom stereocenters. The van der Waals surface area contributed by atoms with E-state index in [4.69, 9.17) is 0 Å². The number of rotatable bonds is 6. The first kappa shape index (κ1) is 15.9. The molecule has 1 heterocycles. The van der Waals surface area contributed by atoms with E-state index >= 15 is 0 Å². The molecular weight excluding hydrogens is 276 g/mol. The van der Waals surface area contributed by atoms with Gasteiger partial charge < -0.3 is 10.6 Å². The van der Waals surface area contributed by atoms with Crippen LogP contribution in [0.2, 0.25) is 0 Å². The van der Waals surface area contributed by atoms with Gasteiger partial charge in [-0.25, -0.2) is 9.97 Å². The van der Waals surface area contributed by atoms with E-state index in [0.717, 1.165) is 23.9 Å². The minimum Gasteiger partial charge on any atom is -0.370 e. The van der Waals surface area contributed by atoms with Crippen molar-refractivity contribution in [1.29, 1.82) is 0 Å². The number of nitrogens with zero attached hydrogens (tertiary/aromatic N) is 2. The Balaban J connectivity index is 2.13. The molecule has 0 saturated carbocycles. The van der Waals surface area contributed by atoms with Crippen molar-refractivity contribution in [2.24, 2.45) is 5.92 Å². The van der Waals surface area contributed by atoms with Crippen LogP contribution in [-0.4, -0.2) is 22.3 Å². The van der Waals surface area contributed by atoms with Gasteiger partial charge in [-0.1, -0.05) is 13.8 Å². The number of hydrogen-bond donors (Lipinski definition) is 2.